The molecule has 3 fully saturated rings. The molecular weight excluding hydrogens is 436 g/mol. The zero-order valence-electron chi connectivity index (χ0n) is 17.7. The summed E-state index contributed by atoms with van der Waals surface area (Å²) >= 11 is 0. The van der Waals surface area contributed by atoms with Crippen molar-refractivity contribution in [1.29, 1.82) is 0 Å². The van der Waals surface area contributed by atoms with Crippen LogP contribution in [0.4, 0.5) is 20.2 Å². The summed E-state index contributed by atoms with van der Waals surface area (Å²) in [6, 6.07) is 10.8. The number of sulfonamides is 1. The van der Waals surface area contributed by atoms with Crippen LogP contribution in [0.1, 0.15) is 5.56 Å². The Morgan fingerprint density at radius 1 is 1.00 bits per heavy atom. The third kappa shape index (κ3) is 4.46. The highest BCUT2D eigenvalue weighted by Crippen LogP contribution is 2.52. The van der Waals surface area contributed by atoms with Gasteiger partial charge in [0.2, 0.25) is 10.0 Å². The van der Waals surface area contributed by atoms with Gasteiger partial charge in [-0.05, 0) is 53.6 Å². The standard InChI is InChI=1S/C23H27F2N3O3S/c24-17-3-1-16(2-4-17)15-32(29,30)28-13-20-19(21(20)14-28)12-26-18-5-6-23(22(25)11-18)27-7-9-31-10-8-27/h1-6,11,19-21,26H,7-10,12-15H2. The van der Waals surface area contributed by atoms with E-state index in [1.807, 2.05) is 11.0 Å². The van der Waals surface area contributed by atoms with E-state index in [2.05, 4.69) is 5.32 Å². The highest BCUT2D eigenvalue weighted by atomic mass is 32.2. The number of piperidine rings is 1. The number of nitrogens with one attached hydrogen (secondary N) is 1. The van der Waals surface area contributed by atoms with Gasteiger partial charge in [-0.15, -0.1) is 0 Å². The summed E-state index contributed by atoms with van der Waals surface area (Å²) in [6.07, 6.45) is 0. The Bertz CT molecular complexity index is 1060. The predicted molar refractivity (Wildman–Crippen MR) is 119 cm³/mol. The Balaban J connectivity index is 1.12. The van der Waals surface area contributed by atoms with Gasteiger partial charge in [-0.2, -0.15) is 0 Å². The Hall–Kier alpha value is -2.23. The van der Waals surface area contributed by atoms with E-state index < -0.39 is 10.0 Å². The molecule has 0 amide bonds. The van der Waals surface area contributed by atoms with Crippen LogP contribution in [0.3, 0.4) is 0 Å². The van der Waals surface area contributed by atoms with Gasteiger partial charge >= 0.3 is 0 Å². The molecule has 2 atom stereocenters. The number of anilines is 2. The molecule has 32 heavy (non-hydrogen) atoms. The number of benzene rings is 2. The first-order valence-electron chi connectivity index (χ1n) is 11.0. The number of morpholine rings is 1. The molecule has 9 heteroatoms. The average Bonchev–Trinajstić information content (AvgIpc) is 3.22. The van der Waals surface area contributed by atoms with Gasteiger partial charge in [0.05, 0.1) is 24.7 Å². The molecule has 6 nitrogen and oxygen atoms in total. The highest BCUT2D eigenvalue weighted by Gasteiger charge is 2.57. The van der Waals surface area contributed by atoms with E-state index >= 15 is 0 Å². The lowest BCUT2D eigenvalue weighted by Crippen LogP contribution is -2.36. The molecule has 0 radical (unpaired) electrons. The molecule has 5 rings (SSSR count). The SMILES string of the molecule is O=S(=O)(Cc1ccc(F)cc1)N1CC2C(CNc3ccc(N4CCOCC4)c(F)c3)C2C1. The summed E-state index contributed by atoms with van der Waals surface area (Å²) in [5.41, 5.74) is 1.93. The van der Waals surface area contributed by atoms with Crippen LogP contribution in [0.15, 0.2) is 42.5 Å². The quantitative estimate of drug-likeness (QED) is 0.684. The zero-order chi connectivity index (χ0) is 22.3. The second kappa shape index (κ2) is 8.61. The molecule has 3 aliphatic rings. The van der Waals surface area contributed by atoms with Gasteiger partial charge in [0.25, 0.3) is 0 Å². The van der Waals surface area contributed by atoms with Crippen molar-refractivity contribution in [3.63, 3.8) is 0 Å². The Labute approximate surface area is 187 Å². The lowest BCUT2D eigenvalue weighted by atomic mass is 10.2. The largest absolute Gasteiger partial charge is 0.385 e. The minimum absolute atomic E-state index is 0.107. The molecule has 1 saturated carbocycles. The van der Waals surface area contributed by atoms with Crippen LogP contribution >= 0.6 is 0 Å². The molecule has 0 bridgehead atoms. The minimum atomic E-state index is -3.41. The number of hydrogen-bond acceptors (Lipinski definition) is 5. The number of nitrogens with zero attached hydrogens (tertiary/aromatic N) is 2. The monoisotopic (exact) mass is 463 g/mol. The van der Waals surface area contributed by atoms with E-state index in [4.69, 9.17) is 4.74 Å². The van der Waals surface area contributed by atoms with E-state index in [0.29, 0.717) is 74.9 Å². The van der Waals surface area contributed by atoms with Crippen molar-refractivity contribution in [2.24, 2.45) is 17.8 Å². The Morgan fingerprint density at radius 2 is 1.69 bits per heavy atom. The maximum absolute atomic E-state index is 14.6. The van der Waals surface area contributed by atoms with Crippen LogP contribution in [0.2, 0.25) is 0 Å². The number of halogens is 2. The molecule has 2 saturated heterocycles. The molecule has 0 aromatic heterocycles. The molecule has 1 aliphatic carbocycles. The lowest BCUT2D eigenvalue weighted by Gasteiger charge is -2.29. The van der Waals surface area contributed by atoms with E-state index in [1.54, 1.807) is 10.4 Å². The van der Waals surface area contributed by atoms with E-state index in [0.717, 1.165) is 5.69 Å². The van der Waals surface area contributed by atoms with Crippen molar-refractivity contribution in [2.45, 2.75) is 5.75 Å². The summed E-state index contributed by atoms with van der Waals surface area (Å²) in [4.78, 5) is 1.99. The van der Waals surface area contributed by atoms with Gasteiger partial charge in [-0.3, -0.25) is 0 Å². The van der Waals surface area contributed by atoms with Crippen molar-refractivity contribution in [2.75, 3.05) is 56.2 Å². The van der Waals surface area contributed by atoms with Crippen molar-refractivity contribution in [3.05, 3.63) is 59.7 Å². The van der Waals surface area contributed by atoms with Crippen LogP contribution in [-0.2, 0) is 20.5 Å². The fourth-order valence-electron chi connectivity index (χ4n) is 4.94. The third-order valence-electron chi connectivity index (χ3n) is 6.83. The second-order valence-electron chi connectivity index (χ2n) is 8.84. The zero-order valence-corrected chi connectivity index (χ0v) is 18.5. The molecule has 2 aromatic rings. The van der Waals surface area contributed by atoms with Crippen molar-refractivity contribution >= 4 is 21.4 Å². The van der Waals surface area contributed by atoms with Crippen molar-refractivity contribution in [3.8, 4) is 0 Å². The van der Waals surface area contributed by atoms with Gasteiger partial charge in [0, 0.05) is 38.4 Å². The summed E-state index contributed by atoms with van der Waals surface area (Å²) in [6.45, 7) is 4.35. The van der Waals surface area contributed by atoms with Gasteiger partial charge < -0.3 is 15.0 Å². The first kappa shape index (κ1) is 21.6. The number of ether oxygens (including phenoxy) is 1. The van der Waals surface area contributed by atoms with Crippen LogP contribution in [0.5, 0.6) is 0 Å². The third-order valence-corrected chi connectivity index (χ3v) is 8.62. The van der Waals surface area contributed by atoms with Crippen LogP contribution in [0, 0.1) is 29.4 Å². The van der Waals surface area contributed by atoms with Gasteiger partial charge in [0.15, 0.2) is 0 Å². The Kier molecular flexibility index (Phi) is 5.81. The Morgan fingerprint density at radius 3 is 2.34 bits per heavy atom. The lowest BCUT2D eigenvalue weighted by molar-refractivity contribution is 0.122. The van der Waals surface area contributed by atoms with Gasteiger partial charge in [0.1, 0.15) is 11.6 Å². The van der Waals surface area contributed by atoms with Crippen molar-refractivity contribution in [1.82, 2.24) is 4.31 Å². The predicted octanol–water partition coefficient (Wildman–Crippen LogP) is 2.92. The molecule has 2 unspecified atom stereocenters. The van der Waals surface area contributed by atoms with Crippen LogP contribution < -0.4 is 10.2 Å². The number of fused-ring (bicyclic) bond motifs is 1. The normalized spacial score (nSPS) is 25.6. The first-order valence-corrected chi connectivity index (χ1v) is 12.6. The average molecular weight is 464 g/mol. The fraction of sp³-hybridized carbons (Fsp3) is 0.478. The maximum Gasteiger partial charge on any atom is 0.218 e. The smallest absolute Gasteiger partial charge is 0.218 e. The van der Waals surface area contributed by atoms with Crippen LogP contribution in [-0.4, -0.2) is 58.7 Å². The molecule has 2 aliphatic heterocycles. The summed E-state index contributed by atoms with van der Waals surface area (Å²) in [7, 11) is -3.41. The summed E-state index contributed by atoms with van der Waals surface area (Å²) in [5.74, 6) is 0.343. The van der Waals surface area contributed by atoms with E-state index in [9.17, 15) is 17.2 Å². The molecule has 0 spiro atoms. The minimum Gasteiger partial charge on any atom is -0.385 e. The molecule has 2 aromatic carbocycles. The van der Waals surface area contributed by atoms with E-state index in [1.165, 1.54) is 30.3 Å². The topological polar surface area (TPSA) is 61.9 Å². The molecule has 172 valence electrons. The molecule has 2 heterocycles. The maximum atomic E-state index is 14.6. The van der Waals surface area contributed by atoms with Crippen molar-refractivity contribution < 1.29 is 21.9 Å². The first-order chi connectivity index (χ1) is 15.4. The fourth-order valence-corrected chi connectivity index (χ4v) is 6.53. The van der Waals surface area contributed by atoms with Gasteiger partial charge in [-0.1, -0.05) is 12.1 Å². The number of rotatable bonds is 7. The highest BCUT2D eigenvalue weighted by molar-refractivity contribution is 7.88. The number of hydrogen-bond donors (Lipinski definition) is 1. The van der Waals surface area contributed by atoms with Crippen LogP contribution in [0.25, 0.3) is 0 Å². The van der Waals surface area contributed by atoms with Gasteiger partial charge in [-0.25, -0.2) is 21.5 Å². The molecule has 1 N–H and O–H groups in total. The second-order valence-corrected chi connectivity index (χ2v) is 10.8. The van der Waals surface area contributed by atoms with E-state index in [-0.39, 0.29) is 17.4 Å². The summed E-state index contributed by atoms with van der Waals surface area (Å²) in [5, 5.41) is 3.32. The summed E-state index contributed by atoms with van der Waals surface area (Å²) < 4.78 is 59.9. The molecular formula is C23H27F2N3O3S.